The Morgan fingerprint density at radius 3 is 2.88 bits per heavy atom. The van der Waals surface area contributed by atoms with Gasteiger partial charge in [0.2, 0.25) is 0 Å². The van der Waals surface area contributed by atoms with Gasteiger partial charge < -0.3 is 19.7 Å². The van der Waals surface area contributed by atoms with Crippen LogP contribution in [0.1, 0.15) is 13.3 Å². The van der Waals surface area contributed by atoms with Gasteiger partial charge in [0.15, 0.2) is 5.96 Å². The minimum absolute atomic E-state index is 0.481. The first-order chi connectivity index (χ1) is 12.2. The van der Waals surface area contributed by atoms with E-state index in [1.165, 1.54) is 4.90 Å². The highest BCUT2D eigenvalue weighted by molar-refractivity contribution is 8.00. The molecule has 0 aliphatic carbocycles. The van der Waals surface area contributed by atoms with Crippen molar-refractivity contribution in [3.05, 3.63) is 30.3 Å². The van der Waals surface area contributed by atoms with E-state index in [0.29, 0.717) is 24.4 Å². The van der Waals surface area contributed by atoms with Crippen molar-refractivity contribution in [3.63, 3.8) is 0 Å². The molecule has 140 valence electrons. The molecule has 1 heterocycles. The first-order valence-corrected chi connectivity index (χ1v) is 9.85. The molecule has 2 rings (SSSR count). The van der Waals surface area contributed by atoms with E-state index in [1.54, 1.807) is 7.11 Å². The van der Waals surface area contributed by atoms with Gasteiger partial charge in [-0.25, -0.2) is 0 Å². The largest absolute Gasteiger partial charge is 0.382 e. The fourth-order valence-electron chi connectivity index (χ4n) is 2.89. The molecular weight excluding hydrogens is 334 g/mol. The van der Waals surface area contributed by atoms with E-state index < -0.39 is 0 Å². The summed E-state index contributed by atoms with van der Waals surface area (Å²) in [5.41, 5.74) is 0. The number of hydrogen-bond acceptors (Lipinski definition) is 4. The average Bonchev–Trinajstić information content (AvgIpc) is 3.09. The van der Waals surface area contributed by atoms with Gasteiger partial charge >= 0.3 is 0 Å². The first kappa shape index (κ1) is 20.1. The quantitative estimate of drug-likeness (QED) is 0.316. The highest BCUT2D eigenvalue weighted by Crippen LogP contribution is 2.22. The molecule has 25 heavy (non-hydrogen) atoms. The van der Waals surface area contributed by atoms with Crippen molar-refractivity contribution in [2.24, 2.45) is 10.9 Å². The van der Waals surface area contributed by atoms with Crippen LogP contribution in [-0.2, 0) is 9.47 Å². The molecule has 0 amide bonds. The monoisotopic (exact) mass is 365 g/mol. The van der Waals surface area contributed by atoms with Crippen LogP contribution < -0.4 is 5.32 Å². The zero-order chi connectivity index (χ0) is 17.9. The van der Waals surface area contributed by atoms with Crippen molar-refractivity contribution in [3.8, 4) is 0 Å². The molecule has 0 spiro atoms. The summed E-state index contributed by atoms with van der Waals surface area (Å²) in [4.78, 5) is 8.10. The third-order valence-corrected chi connectivity index (χ3v) is 5.32. The molecule has 6 heteroatoms. The summed E-state index contributed by atoms with van der Waals surface area (Å²) in [5.74, 6) is 1.58. The molecule has 0 aromatic heterocycles. The average molecular weight is 366 g/mol. The zero-order valence-corrected chi connectivity index (χ0v) is 16.4. The Morgan fingerprint density at radius 1 is 1.36 bits per heavy atom. The lowest BCUT2D eigenvalue weighted by atomic mass is 10.1. The van der Waals surface area contributed by atoms with Gasteiger partial charge in [-0.15, -0.1) is 11.8 Å². The minimum atomic E-state index is 0.481. The Hall–Kier alpha value is -1.24. The van der Waals surface area contributed by atoms with Crippen LogP contribution >= 0.6 is 11.8 Å². The number of methoxy groups -OCH3 is 1. The van der Waals surface area contributed by atoms with E-state index in [2.05, 4.69) is 52.5 Å². The molecule has 1 aliphatic rings. The van der Waals surface area contributed by atoms with E-state index in [1.807, 2.05) is 18.8 Å². The van der Waals surface area contributed by atoms with Crippen LogP contribution in [0.4, 0.5) is 0 Å². The predicted molar refractivity (Wildman–Crippen MR) is 105 cm³/mol. The van der Waals surface area contributed by atoms with Gasteiger partial charge in [-0.1, -0.05) is 25.1 Å². The SMILES string of the molecule is CN=C(NCC(C)Sc1ccccc1)N1CCC(COCCOC)C1. The summed E-state index contributed by atoms with van der Waals surface area (Å²) in [7, 11) is 3.56. The summed E-state index contributed by atoms with van der Waals surface area (Å²) in [5, 5.41) is 4.00. The van der Waals surface area contributed by atoms with Crippen LogP contribution in [0.5, 0.6) is 0 Å². The smallest absolute Gasteiger partial charge is 0.193 e. The van der Waals surface area contributed by atoms with E-state index >= 15 is 0 Å². The second-order valence-electron chi connectivity index (χ2n) is 6.34. The van der Waals surface area contributed by atoms with Gasteiger partial charge in [0.1, 0.15) is 0 Å². The molecule has 1 N–H and O–H groups in total. The number of hydrogen-bond donors (Lipinski definition) is 1. The van der Waals surface area contributed by atoms with Gasteiger partial charge in [0.25, 0.3) is 0 Å². The molecule has 2 atom stereocenters. The summed E-state index contributed by atoms with van der Waals surface area (Å²) >= 11 is 1.89. The third-order valence-electron chi connectivity index (χ3n) is 4.21. The van der Waals surface area contributed by atoms with Crippen LogP contribution in [0.3, 0.4) is 0 Å². The number of thioether (sulfide) groups is 1. The lowest BCUT2D eigenvalue weighted by Crippen LogP contribution is -2.42. The Morgan fingerprint density at radius 2 is 2.16 bits per heavy atom. The fourth-order valence-corrected chi connectivity index (χ4v) is 3.84. The van der Waals surface area contributed by atoms with Crippen molar-refractivity contribution >= 4 is 17.7 Å². The minimum Gasteiger partial charge on any atom is -0.382 e. The van der Waals surface area contributed by atoms with Crippen molar-refractivity contribution in [1.29, 1.82) is 0 Å². The first-order valence-electron chi connectivity index (χ1n) is 8.97. The van der Waals surface area contributed by atoms with Crippen LogP contribution in [0.15, 0.2) is 40.2 Å². The van der Waals surface area contributed by atoms with Gasteiger partial charge in [0, 0.05) is 49.9 Å². The lowest BCUT2D eigenvalue weighted by molar-refractivity contribution is 0.0536. The molecular formula is C19H31N3O2S. The number of benzene rings is 1. The van der Waals surface area contributed by atoms with Crippen molar-refractivity contribution in [1.82, 2.24) is 10.2 Å². The molecule has 0 saturated carbocycles. The highest BCUT2D eigenvalue weighted by atomic mass is 32.2. The Balaban J connectivity index is 1.70. The van der Waals surface area contributed by atoms with E-state index in [-0.39, 0.29) is 0 Å². The number of nitrogens with zero attached hydrogens (tertiary/aromatic N) is 2. The molecule has 1 aromatic carbocycles. The molecule has 1 saturated heterocycles. The lowest BCUT2D eigenvalue weighted by Gasteiger charge is -2.23. The normalized spacial score (nSPS) is 19.2. The predicted octanol–water partition coefficient (Wildman–Crippen LogP) is 2.73. The molecule has 5 nitrogen and oxygen atoms in total. The Bertz CT molecular complexity index is 513. The van der Waals surface area contributed by atoms with Crippen molar-refractivity contribution < 1.29 is 9.47 Å². The Labute approximate surface area is 156 Å². The topological polar surface area (TPSA) is 46.1 Å². The van der Waals surface area contributed by atoms with Crippen molar-refractivity contribution in [2.75, 3.05) is 53.6 Å². The van der Waals surface area contributed by atoms with Crippen molar-refractivity contribution in [2.45, 2.75) is 23.5 Å². The highest BCUT2D eigenvalue weighted by Gasteiger charge is 2.25. The van der Waals surface area contributed by atoms with Gasteiger partial charge in [-0.2, -0.15) is 0 Å². The summed E-state index contributed by atoms with van der Waals surface area (Å²) < 4.78 is 10.7. The molecule has 2 unspecified atom stereocenters. The van der Waals surface area contributed by atoms with E-state index in [4.69, 9.17) is 9.47 Å². The number of ether oxygens (including phenoxy) is 2. The van der Waals surface area contributed by atoms with Crippen LogP contribution in [0, 0.1) is 5.92 Å². The molecule has 1 fully saturated rings. The van der Waals surface area contributed by atoms with Gasteiger partial charge in [-0.3, -0.25) is 4.99 Å². The van der Waals surface area contributed by atoms with Gasteiger partial charge in [0.05, 0.1) is 19.8 Å². The summed E-state index contributed by atoms with van der Waals surface area (Å²) in [6.07, 6.45) is 1.15. The fraction of sp³-hybridized carbons (Fsp3) is 0.632. The standard InChI is InChI=1S/C19H31N3O2S/c1-16(25-18-7-5-4-6-8-18)13-21-19(20-2)22-10-9-17(14-22)15-24-12-11-23-3/h4-8,16-17H,9-15H2,1-3H3,(H,20,21). The Kier molecular flexibility index (Phi) is 9.15. The number of likely N-dealkylation sites (tertiary alicyclic amines) is 1. The van der Waals surface area contributed by atoms with Crippen LogP contribution in [0.2, 0.25) is 0 Å². The van der Waals surface area contributed by atoms with E-state index in [0.717, 1.165) is 38.6 Å². The molecule has 0 radical (unpaired) electrons. The number of rotatable bonds is 9. The third kappa shape index (κ3) is 7.26. The number of guanidine groups is 1. The number of nitrogens with one attached hydrogen (secondary N) is 1. The molecule has 0 bridgehead atoms. The maximum Gasteiger partial charge on any atom is 0.193 e. The molecule has 1 aliphatic heterocycles. The van der Waals surface area contributed by atoms with Crippen LogP contribution in [0.25, 0.3) is 0 Å². The van der Waals surface area contributed by atoms with Crippen LogP contribution in [-0.4, -0.2) is 69.7 Å². The van der Waals surface area contributed by atoms with Gasteiger partial charge in [-0.05, 0) is 18.6 Å². The second-order valence-corrected chi connectivity index (χ2v) is 7.85. The van der Waals surface area contributed by atoms with E-state index in [9.17, 15) is 0 Å². The summed E-state index contributed by atoms with van der Waals surface area (Å²) in [6, 6.07) is 10.5. The maximum atomic E-state index is 5.67. The zero-order valence-electron chi connectivity index (χ0n) is 15.6. The molecule has 1 aromatic rings. The number of aliphatic imine (C=N–C) groups is 1. The second kappa shape index (κ2) is 11.4. The maximum absolute atomic E-state index is 5.67. The summed E-state index contributed by atoms with van der Waals surface area (Å²) in [6.45, 7) is 7.33.